The number of likely N-dealkylation sites (tertiary alicyclic amines) is 1. The number of hydrogen-bond acceptors (Lipinski definition) is 3. The summed E-state index contributed by atoms with van der Waals surface area (Å²) in [6, 6.07) is 9.73. The van der Waals surface area contributed by atoms with E-state index >= 15 is 0 Å². The van der Waals surface area contributed by atoms with E-state index in [1.807, 2.05) is 0 Å². The molecule has 1 aliphatic heterocycles. The number of benzene rings is 1. The Kier molecular flexibility index (Phi) is 5.18. The number of allylic oxidation sites excluding steroid dienone is 2. The van der Waals surface area contributed by atoms with Gasteiger partial charge in [0.05, 0.1) is 18.7 Å². The second kappa shape index (κ2) is 7.74. The molecular weight excluding hydrogens is 338 g/mol. The number of hydrogen-bond donors (Lipinski definition) is 2. The van der Waals surface area contributed by atoms with Gasteiger partial charge in [0.15, 0.2) is 0 Å². The molecule has 0 spiro atoms. The van der Waals surface area contributed by atoms with Crippen LogP contribution in [0.25, 0.3) is 5.57 Å². The molecule has 0 aromatic heterocycles. The van der Waals surface area contributed by atoms with Crippen molar-refractivity contribution in [1.82, 2.24) is 10.2 Å². The first-order valence-electron chi connectivity index (χ1n) is 10.1. The number of amides is 2. The van der Waals surface area contributed by atoms with Crippen LogP contribution in [0, 0.1) is 11.3 Å². The highest BCUT2D eigenvalue weighted by molar-refractivity contribution is 5.78. The normalized spacial score (nSPS) is 27.8. The third kappa shape index (κ3) is 3.35. The fraction of sp³-hybridized carbons (Fsp3) is 0.545. The molecule has 4 rings (SSSR count). The number of nitrogens with one attached hydrogen (secondary N) is 1. The summed E-state index contributed by atoms with van der Waals surface area (Å²) >= 11 is 0. The van der Waals surface area contributed by atoms with Gasteiger partial charge in [-0.15, -0.1) is 0 Å². The van der Waals surface area contributed by atoms with Gasteiger partial charge in [-0.25, -0.2) is 4.79 Å². The zero-order valence-electron chi connectivity index (χ0n) is 15.6. The molecular formula is C22H27N3O2. The summed E-state index contributed by atoms with van der Waals surface area (Å²) in [4.78, 5) is 14.2. The van der Waals surface area contributed by atoms with Crippen molar-refractivity contribution < 1.29 is 9.90 Å². The summed E-state index contributed by atoms with van der Waals surface area (Å²) in [6.45, 7) is -0.131. The quantitative estimate of drug-likeness (QED) is 0.856. The van der Waals surface area contributed by atoms with Crippen LogP contribution in [0.1, 0.15) is 62.0 Å². The molecule has 1 heterocycles. The third-order valence-electron chi connectivity index (χ3n) is 6.36. The minimum Gasteiger partial charge on any atom is -0.394 e. The Morgan fingerprint density at radius 3 is 2.56 bits per heavy atom. The second-order valence-electron chi connectivity index (χ2n) is 7.93. The molecule has 5 nitrogen and oxygen atoms in total. The maximum atomic E-state index is 12.7. The highest BCUT2D eigenvalue weighted by Crippen LogP contribution is 2.41. The van der Waals surface area contributed by atoms with E-state index in [0.717, 1.165) is 44.1 Å². The molecule has 2 aliphatic carbocycles. The Hall–Kier alpha value is -2.32. The Labute approximate surface area is 160 Å². The Morgan fingerprint density at radius 2 is 1.96 bits per heavy atom. The standard InChI is InChI=1S/C22H27N3O2/c23-13-19-21(17-11-9-16(10-12-17)15-5-1-2-6-15)20(14-26)25(19)22(27)24-18-7-3-4-8-18/h5,9-12,18-21,26H,1-4,6-8,14H2,(H,24,27)/t19-,20-,21-/m1/s1. The van der Waals surface area contributed by atoms with Crippen molar-refractivity contribution in [3.63, 3.8) is 0 Å². The molecule has 3 aliphatic rings. The van der Waals surface area contributed by atoms with E-state index in [1.54, 1.807) is 0 Å². The van der Waals surface area contributed by atoms with Crippen LogP contribution in [-0.2, 0) is 0 Å². The molecule has 2 fully saturated rings. The first-order valence-corrected chi connectivity index (χ1v) is 10.1. The minimum absolute atomic E-state index is 0.131. The van der Waals surface area contributed by atoms with E-state index in [4.69, 9.17) is 0 Å². The van der Waals surface area contributed by atoms with E-state index in [1.165, 1.54) is 22.5 Å². The maximum absolute atomic E-state index is 12.7. The lowest BCUT2D eigenvalue weighted by Gasteiger charge is -2.51. The van der Waals surface area contributed by atoms with Gasteiger partial charge in [-0.05, 0) is 48.8 Å². The zero-order valence-corrected chi connectivity index (χ0v) is 15.6. The smallest absolute Gasteiger partial charge is 0.319 e. The van der Waals surface area contributed by atoms with E-state index in [0.29, 0.717) is 0 Å². The highest BCUT2D eigenvalue weighted by atomic mass is 16.3. The van der Waals surface area contributed by atoms with Crippen LogP contribution in [0.3, 0.4) is 0 Å². The van der Waals surface area contributed by atoms with Crippen molar-refractivity contribution in [3.8, 4) is 6.07 Å². The van der Waals surface area contributed by atoms with Gasteiger partial charge in [-0.3, -0.25) is 0 Å². The molecule has 5 heteroatoms. The van der Waals surface area contributed by atoms with Gasteiger partial charge < -0.3 is 15.3 Å². The summed E-state index contributed by atoms with van der Waals surface area (Å²) in [7, 11) is 0. The summed E-state index contributed by atoms with van der Waals surface area (Å²) in [5.74, 6) is -0.138. The lowest BCUT2D eigenvalue weighted by atomic mass is 9.75. The van der Waals surface area contributed by atoms with Gasteiger partial charge in [0.2, 0.25) is 0 Å². The third-order valence-corrected chi connectivity index (χ3v) is 6.36. The zero-order chi connectivity index (χ0) is 18.8. The number of aliphatic hydroxyl groups is 1. The molecule has 0 bridgehead atoms. The fourth-order valence-electron chi connectivity index (χ4n) is 4.86. The van der Waals surface area contributed by atoms with Gasteiger partial charge in [-0.2, -0.15) is 5.26 Å². The Morgan fingerprint density at radius 1 is 1.22 bits per heavy atom. The van der Waals surface area contributed by atoms with E-state index in [9.17, 15) is 15.2 Å². The molecule has 1 saturated heterocycles. The van der Waals surface area contributed by atoms with E-state index < -0.39 is 6.04 Å². The van der Waals surface area contributed by atoms with Gasteiger partial charge in [0.1, 0.15) is 6.04 Å². The first-order chi connectivity index (χ1) is 13.2. The summed E-state index contributed by atoms with van der Waals surface area (Å²) < 4.78 is 0. The van der Waals surface area contributed by atoms with Crippen LogP contribution in [0.15, 0.2) is 30.3 Å². The second-order valence-corrected chi connectivity index (χ2v) is 7.93. The topological polar surface area (TPSA) is 76.4 Å². The van der Waals surface area contributed by atoms with Gasteiger partial charge in [0.25, 0.3) is 0 Å². The van der Waals surface area contributed by atoms with Crippen LogP contribution >= 0.6 is 0 Å². The van der Waals surface area contributed by atoms with Crippen molar-refractivity contribution >= 4 is 11.6 Å². The molecule has 2 N–H and O–H groups in total. The largest absolute Gasteiger partial charge is 0.394 e. The van der Waals surface area contributed by atoms with Gasteiger partial charge >= 0.3 is 6.03 Å². The van der Waals surface area contributed by atoms with Gasteiger partial charge in [0, 0.05) is 12.0 Å². The molecule has 1 aromatic rings. The predicted molar refractivity (Wildman–Crippen MR) is 104 cm³/mol. The molecule has 0 radical (unpaired) electrons. The van der Waals surface area contributed by atoms with Crippen molar-refractivity contribution in [1.29, 1.82) is 5.26 Å². The number of aliphatic hydroxyl groups excluding tert-OH is 1. The highest BCUT2D eigenvalue weighted by Gasteiger charge is 2.52. The number of rotatable bonds is 4. The number of urea groups is 1. The van der Waals surface area contributed by atoms with Crippen molar-refractivity contribution in [2.45, 2.75) is 69.0 Å². The number of carbonyl (C=O) groups excluding carboxylic acids is 1. The van der Waals surface area contributed by atoms with Crippen LogP contribution < -0.4 is 5.32 Å². The van der Waals surface area contributed by atoms with Crippen LogP contribution in [0.4, 0.5) is 4.79 Å². The van der Waals surface area contributed by atoms with Crippen molar-refractivity contribution in [2.24, 2.45) is 0 Å². The lowest BCUT2D eigenvalue weighted by molar-refractivity contribution is 0.0158. The average Bonchev–Trinajstić information content (AvgIpc) is 3.36. The monoisotopic (exact) mass is 365 g/mol. The molecule has 1 aromatic carbocycles. The fourth-order valence-corrected chi connectivity index (χ4v) is 4.86. The molecule has 27 heavy (non-hydrogen) atoms. The number of nitrogens with zero attached hydrogens (tertiary/aromatic N) is 2. The summed E-state index contributed by atoms with van der Waals surface area (Å²) in [6.07, 6.45) is 10.1. The number of carbonyl (C=O) groups is 1. The average molecular weight is 365 g/mol. The van der Waals surface area contributed by atoms with Crippen molar-refractivity contribution in [3.05, 3.63) is 41.5 Å². The molecule has 3 atom stereocenters. The Bertz CT molecular complexity index is 759. The summed E-state index contributed by atoms with van der Waals surface area (Å²) in [5, 5.41) is 22.6. The summed E-state index contributed by atoms with van der Waals surface area (Å²) in [5.41, 5.74) is 3.65. The van der Waals surface area contributed by atoms with E-state index in [-0.39, 0.29) is 30.6 Å². The maximum Gasteiger partial charge on any atom is 0.319 e. The van der Waals surface area contributed by atoms with E-state index in [2.05, 4.69) is 41.7 Å². The molecule has 1 saturated carbocycles. The lowest BCUT2D eigenvalue weighted by Crippen LogP contribution is -2.67. The predicted octanol–water partition coefficient (Wildman–Crippen LogP) is 3.56. The van der Waals surface area contributed by atoms with Gasteiger partial charge in [-0.1, -0.05) is 43.2 Å². The first kappa shape index (κ1) is 18.1. The number of nitriles is 1. The Balaban J connectivity index is 1.49. The van der Waals surface area contributed by atoms with Crippen LogP contribution in [-0.4, -0.2) is 40.8 Å². The van der Waals surface area contributed by atoms with Crippen LogP contribution in [0.5, 0.6) is 0 Å². The minimum atomic E-state index is -0.528. The van der Waals surface area contributed by atoms with Crippen molar-refractivity contribution in [2.75, 3.05) is 6.61 Å². The molecule has 2 amide bonds. The van der Waals surface area contributed by atoms with Crippen LogP contribution in [0.2, 0.25) is 0 Å². The molecule has 0 unspecified atom stereocenters. The molecule has 142 valence electrons. The SMILES string of the molecule is N#C[C@@H]1[C@@H](c2ccc(C3=CCCC3)cc2)[C@@H](CO)N1C(=O)NC1CCCC1.